The fourth-order valence-electron chi connectivity index (χ4n) is 2.72. The van der Waals surface area contributed by atoms with Gasteiger partial charge >= 0.3 is 0 Å². The molecule has 0 aliphatic heterocycles. The quantitative estimate of drug-likeness (QED) is 0.283. The number of nitrogens with zero attached hydrogens (tertiary/aromatic N) is 2. The standard InChI is InChI=1S/C22H20IN3O3S/c1-17(18-9-8-10-19(23)15-18)24-25-22(27)16-26(20-11-4-2-5-12-20)30(28,29)21-13-6-3-7-14-21/h2-15H,16H2,1H3,(H,25,27)/b24-17-. The number of halogens is 1. The summed E-state index contributed by atoms with van der Waals surface area (Å²) in [5.74, 6) is -0.539. The van der Waals surface area contributed by atoms with Crippen molar-refractivity contribution < 1.29 is 13.2 Å². The van der Waals surface area contributed by atoms with Crippen molar-refractivity contribution in [3.63, 3.8) is 0 Å². The maximum Gasteiger partial charge on any atom is 0.264 e. The van der Waals surface area contributed by atoms with Gasteiger partial charge in [-0.3, -0.25) is 9.10 Å². The first-order valence-corrected chi connectivity index (χ1v) is 11.6. The first-order chi connectivity index (χ1) is 14.4. The van der Waals surface area contributed by atoms with Gasteiger partial charge in [-0.05, 0) is 71.5 Å². The zero-order valence-electron chi connectivity index (χ0n) is 16.2. The van der Waals surface area contributed by atoms with Crippen molar-refractivity contribution in [1.82, 2.24) is 5.43 Å². The monoisotopic (exact) mass is 533 g/mol. The zero-order valence-corrected chi connectivity index (χ0v) is 19.2. The fourth-order valence-corrected chi connectivity index (χ4v) is 4.70. The van der Waals surface area contributed by atoms with Crippen LogP contribution in [0.5, 0.6) is 0 Å². The summed E-state index contributed by atoms with van der Waals surface area (Å²) in [6.07, 6.45) is 0. The number of amides is 1. The molecule has 0 atom stereocenters. The molecule has 3 rings (SSSR count). The Bertz CT molecular complexity index is 1150. The predicted octanol–water partition coefficient (Wildman–Crippen LogP) is 4.03. The summed E-state index contributed by atoms with van der Waals surface area (Å²) in [5, 5.41) is 4.13. The Morgan fingerprint density at radius 2 is 1.60 bits per heavy atom. The summed E-state index contributed by atoms with van der Waals surface area (Å²) < 4.78 is 28.5. The van der Waals surface area contributed by atoms with E-state index >= 15 is 0 Å². The van der Waals surface area contributed by atoms with Crippen molar-refractivity contribution in [3.8, 4) is 0 Å². The maximum atomic E-state index is 13.2. The van der Waals surface area contributed by atoms with Crippen LogP contribution in [-0.2, 0) is 14.8 Å². The van der Waals surface area contributed by atoms with E-state index in [1.54, 1.807) is 55.5 Å². The number of hydrogen-bond acceptors (Lipinski definition) is 4. The fraction of sp³-hybridized carbons (Fsp3) is 0.0909. The van der Waals surface area contributed by atoms with Gasteiger partial charge in [-0.25, -0.2) is 13.8 Å². The van der Waals surface area contributed by atoms with Gasteiger partial charge in [0, 0.05) is 3.57 Å². The first-order valence-electron chi connectivity index (χ1n) is 9.10. The van der Waals surface area contributed by atoms with Crippen LogP contribution >= 0.6 is 22.6 Å². The number of benzene rings is 3. The van der Waals surface area contributed by atoms with Crippen molar-refractivity contribution in [2.24, 2.45) is 5.10 Å². The zero-order chi connectivity index (χ0) is 21.6. The number of sulfonamides is 1. The number of para-hydroxylation sites is 1. The van der Waals surface area contributed by atoms with Crippen LogP contribution in [0.3, 0.4) is 0 Å². The van der Waals surface area contributed by atoms with Crippen LogP contribution in [0.25, 0.3) is 0 Å². The Hall–Kier alpha value is -2.72. The van der Waals surface area contributed by atoms with E-state index in [4.69, 9.17) is 0 Å². The average molecular weight is 533 g/mol. The van der Waals surface area contributed by atoms with Gasteiger partial charge in [0.25, 0.3) is 15.9 Å². The van der Waals surface area contributed by atoms with Crippen LogP contribution in [0.2, 0.25) is 0 Å². The Morgan fingerprint density at radius 1 is 0.967 bits per heavy atom. The topological polar surface area (TPSA) is 78.8 Å². The summed E-state index contributed by atoms with van der Waals surface area (Å²) in [7, 11) is -3.92. The number of hydrogen-bond donors (Lipinski definition) is 1. The Labute approximate surface area is 189 Å². The Morgan fingerprint density at radius 3 is 2.23 bits per heavy atom. The molecule has 6 nitrogen and oxygen atoms in total. The number of carbonyl (C=O) groups is 1. The van der Waals surface area contributed by atoms with E-state index in [0.717, 1.165) is 13.4 Å². The number of nitrogens with one attached hydrogen (secondary N) is 1. The molecule has 0 aromatic heterocycles. The summed E-state index contributed by atoms with van der Waals surface area (Å²) in [6.45, 7) is 1.38. The summed E-state index contributed by atoms with van der Waals surface area (Å²) in [6, 6.07) is 24.3. The highest BCUT2D eigenvalue weighted by Crippen LogP contribution is 2.23. The molecule has 0 aliphatic rings. The van der Waals surface area contributed by atoms with Gasteiger partial charge < -0.3 is 0 Å². The molecule has 0 aliphatic carbocycles. The Kier molecular flexibility index (Phi) is 7.22. The third-order valence-electron chi connectivity index (χ3n) is 4.25. The predicted molar refractivity (Wildman–Crippen MR) is 127 cm³/mol. The van der Waals surface area contributed by atoms with Gasteiger partial charge in [0.2, 0.25) is 0 Å². The van der Waals surface area contributed by atoms with Crippen molar-refractivity contribution in [3.05, 3.63) is 94.1 Å². The average Bonchev–Trinajstić information content (AvgIpc) is 2.77. The normalized spacial score (nSPS) is 11.7. The van der Waals surface area contributed by atoms with Crippen LogP contribution in [0.4, 0.5) is 5.69 Å². The molecule has 0 saturated heterocycles. The highest BCUT2D eigenvalue weighted by molar-refractivity contribution is 14.1. The van der Waals surface area contributed by atoms with E-state index in [2.05, 4.69) is 33.1 Å². The first kappa shape index (κ1) is 22.0. The molecule has 3 aromatic rings. The lowest BCUT2D eigenvalue weighted by molar-refractivity contribution is -0.119. The lowest BCUT2D eigenvalue weighted by Crippen LogP contribution is -2.39. The molecule has 0 bridgehead atoms. The van der Waals surface area contributed by atoms with Gasteiger partial charge in [-0.15, -0.1) is 0 Å². The van der Waals surface area contributed by atoms with E-state index in [1.165, 1.54) is 12.1 Å². The summed E-state index contributed by atoms with van der Waals surface area (Å²) in [4.78, 5) is 12.7. The van der Waals surface area contributed by atoms with Crippen molar-refractivity contribution in [1.29, 1.82) is 0 Å². The maximum absolute atomic E-state index is 13.2. The highest BCUT2D eigenvalue weighted by Gasteiger charge is 2.26. The SMILES string of the molecule is C/C(=N/NC(=O)CN(c1ccccc1)S(=O)(=O)c1ccccc1)c1cccc(I)c1. The number of anilines is 1. The molecule has 0 heterocycles. The van der Waals surface area contributed by atoms with Crippen LogP contribution in [0.1, 0.15) is 12.5 Å². The Balaban J connectivity index is 1.83. The second-order valence-electron chi connectivity index (χ2n) is 6.40. The van der Waals surface area contributed by atoms with Gasteiger partial charge in [-0.2, -0.15) is 5.10 Å². The van der Waals surface area contributed by atoms with E-state index in [9.17, 15) is 13.2 Å². The highest BCUT2D eigenvalue weighted by atomic mass is 127. The molecule has 0 unspecified atom stereocenters. The molecule has 0 spiro atoms. The lowest BCUT2D eigenvalue weighted by atomic mass is 10.1. The molecule has 0 radical (unpaired) electrons. The third-order valence-corrected chi connectivity index (χ3v) is 6.71. The van der Waals surface area contributed by atoms with Crippen LogP contribution in [0.15, 0.2) is 94.9 Å². The largest absolute Gasteiger partial charge is 0.271 e. The van der Waals surface area contributed by atoms with Gasteiger partial charge in [0.05, 0.1) is 16.3 Å². The third kappa shape index (κ3) is 5.45. The van der Waals surface area contributed by atoms with Gasteiger partial charge in [0.15, 0.2) is 0 Å². The molecule has 0 saturated carbocycles. The van der Waals surface area contributed by atoms with Crippen LogP contribution in [0, 0.1) is 3.57 Å². The minimum atomic E-state index is -3.92. The number of rotatable bonds is 7. The molecule has 8 heteroatoms. The summed E-state index contributed by atoms with van der Waals surface area (Å²) in [5.41, 5.74) is 4.36. The van der Waals surface area contributed by atoms with E-state index in [0.29, 0.717) is 11.4 Å². The van der Waals surface area contributed by atoms with Crippen molar-refractivity contribution >= 4 is 49.9 Å². The van der Waals surface area contributed by atoms with Crippen molar-refractivity contribution in [2.75, 3.05) is 10.8 Å². The minimum absolute atomic E-state index is 0.111. The van der Waals surface area contributed by atoms with Crippen LogP contribution in [-0.4, -0.2) is 26.6 Å². The molecular formula is C22H20IN3O3S. The van der Waals surface area contributed by atoms with E-state index in [1.807, 2.05) is 24.3 Å². The van der Waals surface area contributed by atoms with E-state index < -0.39 is 22.5 Å². The molecule has 30 heavy (non-hydrogen) atoms. The smallest absolute Gasteiger partial charge is 0.264 e. The molecule has 0 fully saturated rings. The van der Waals surface area contributed by atoms with Gasteiger partial charge in [-0.1, -0.05) is 48.5 Å². The van der Waals surface area contributed by atoms with E-state index in [-0.39, 0.29) is 4.90 Å². The second kappa shape index (κ2) is 9.86. The van der Waals surface area contributed by atoms with Gasteiger partial charge in [0.1, 0.15) is 6.54 Å². The molecule has 1 N–H and O–H groups in total. The number of carbonyl (C=O) groups excluding carboxylic acids is 1. The second-order valence-corrected chi connectivity index (χ2v) is 9.51. The lowest BCUT2D eigenvalue weighted by Gasteiger charge is -2.23. The van der Waals surface area contributed by atoms with Crippen LogP contribution < -0.4 is 9.73 Å². The molecule has 3 aromatic carbocycles. The van der Waals surface area contributed by atoms with Crippen molar-refractivity contribution in [2.45, 2.75) is 11.8 Å². The summed E-state index contributed by atoms with van der Waals surface area (Å²) >= 11 is 2.20. The minimum Gasteiger partial charge on any atom is -0.271 e. The molecule has 1 amide bonds. The number of hydrazone groups is 1. The molecule has 154 valence electrons. The molecular weight excluding hydrogens is 513 g/mol.